The van der Waals surface area contributed by atoms with Gasteiger partial charge >= 0.3 is 0 Å². The van der Waals surface area contributed by atoms with Gasteiger partial charge in [-0.3, -0.25) is 4.79 Å². The van der Waals surface area contributed by atoms with Crippen molar-refractivity contribution in [3.63, 3.8) is 0 Å². The normalized spacial score (nSPS) is 15.0. The van der Waals surface area contributed by atoms with Crippen molar-refractivity contribution >= 4 is 27.0 Å². The quantitative estimate of drug-likeness (QED) is 0.625. The highest BCUT2D eigenvalue weighted by Crippen LogP contribution is 2.24. The predicted octanol–water partition coefficient (Wildman–Crippen LogP) is 3.03. The van der Waals surface area contributed by atoms with E-state index in [1.54, 1.807) is 12.1 Å². The summed E-state index contributed by atoms with van der Waals surface area (Å²) in [7, 11) is -3.52. The van der Waals surface area contributed by atoms with E-state index in [-0.39, 0.29) is 10.8 Å². The highest BCUT2D eigenvalue weighted by atomic mass is 32.2. The van der Waals surface area contributed by atoms with Gasteiger partial charge in [-0.1, -0.05) is 20.8 Å². The lowest BCUT2D eigenvalue weighted by molar-refractivity contribution is -0.130. The largest absolute Gasteiger partial charge is 0.343 e. The minimum atomic E-state index is -3.52. The summed E-state index contributed by atoms with van der Waals surface area (Å²) in [5.41, 5.74) is 1.60. The summed E-state index contributed by atoms with van der Waals surface area (Å²) in [4.78, 5) is 19.4. The van der Waals surface area contributed by atoms with Gasteiger partial charge in [-0.05, 0) is 37.5 Å². The van der Waals surface area contributed by atoms with Crippen molar-refractivity contribution in [2.75, 3.05) is 26.2 Å². The molecule has 8 heteroatoms. The average molecular weight is 421 g/mol. The molecule has 0 aliphatic carbocycles. The first-order valence-corrected chi connectivity index (χ1v) is 12.1. The van der Waals surface area contributed by atoms with Gasteiger partial charge in [0.15, 0.2) is 0 Å². The second kappa shape index (κ2) is 9.26. The number of fused-ring (bicyclic) bond motifs is 1. The lowest BCUT2D eigenvalue weighted by Gasteiger charge is -2.18. The van der Waals surface area contributed by atoms with E-state index in [4.69, 9.17) is 4.98 Å². The summed E-state index contributed by atoms with van der Waals surface area (Å²) in [5.74, 6) is 1.04. The van der Waals surface area contributed by atoms with Gasteiger partial charge in [0.25, 0.3) is 0 Å². The molecule has 0 radical (unpaired) electrons. The zero-order valence-electron chi connectivity index (χ0n) is 17.7. The summed E-state index contributed by atoms with van der Waals surface area (Å²) in [6, 6.07) is 5.18. The number of amides is 1. The molecule has 1 aromatic carbocycles. The minimum Gasteiger partial charge on any atom is -0.343 e. The Hall–Kier alpha value is -1.93. The predicted molar refractivity (Wildman–Crippen MR) is 114 cm³/mol. The monoisotopic (exact) mass is 420 g/mol. The molecule has 2 heterocycles. The smallest absolute Gasteiger partial charge is 0.243 e. The van der Waals surface area contributed by atoms with E-state index >= 15 is 0 Å². The molecule has 1 fully saturated rings. The summed E-state index contributed by atoms with van der Waals surface area (Å²) in [6.45, 7) is 9.16. The van der Waals surface area contributed by atoms with Crippen LogP contribution in [0.2, 0.25) is 0 Å². The molecule has 3 rings (SSSR count). The standard InChI is InChI=1S/C21H32N4O3S/c1-4-13-25-19-10-9-17(29(27,28)24(5-2)6-3)16-18(19)22-20(25)11-12-21(26)23-14-7-8-15-23/h9-10,16H,4-8,11-15H2,1-3H3. The fourth-order valence-corrected chi connectivity index (χ4v) is 5.52. The maximum Gasteiger partial charge on any atom is 0.243 e. The van der Waals surface area contributed by atoms with Gasteiger partial charge in [-0.25, -0.2) is 13.4 Å². The average Bonchev–Trinajstić information content (AvgIpc) is 3.35. The van der Waals surface area contributed by atoms with Crippen molar-refractivity contribution in [1.82, 2.24) is 18.8 Å². The maximum atomic E-state index is 12.9. The number of imidazole rings is 1. The summed E-state index contributed by atoms with van der Waals surface area (Å²) < 4.78 is 29.3. The minimum absolute atomic E-state index is 0.183. The first-order valence-electron chi connectivity index (χ1n) is 10.7. The first kappa shape index (κ1) is 21.8. The second-order valence-electron chi connectivity index (χ2n) is 7.51. The van der Waals surface area contributed by atoms with Crippen LogP contribution in [0, 0.1) is 0 Å². The Labute approximate surface area is 173 Å². The van der Waals surface area contributed by atoms with E-state index in [1.807, 2.05) is 24.8 Å². The molecule has 7 nitrogen and oxygen atoms in total. The summed E-state index contributed by atoms with van der Waals surface area (Å²) in [6.07, 6.45) is 4.13. The van der Waals surface area contributed by atoms with Gasteiger partial charge in [0.1, 0.15) is 5.82 Å². The lowest BCUT2D eigenvalue weighted by Crippen LogP contribution is -2.30. The molecule has 0 saturated carbocycles. The molecule has 0 atom stereocenters. The first-order chi connectivity index (χ1) is 13.9. The maximum absolute atomic E-state index is 12.9. The van der Waals surface area contributed by atoms with Crippen LogP contribution in [-0.2, 0) is 27.8 Å². The van der Waals surface area contributed by atoms with Gasteiger partial charge in [-0.2, -0.15) is 4.31 Å². The van der Waals surface area contributed by atoms with Crippen LogP contribution < -0.4 is 0 Å². The molecule has 2 aromatic rings. The van der Waals surface area contributed by atoms with E-state index < -0.39 is 10.0 Å². The molecule has 1 aliphatic rings. The highest BCUT2D eigenvalue weighted by Gasteiger charge is 2.23. The van der Waals surface area contributed by atoms with Crippen LogP contribution in [0.4, 0.5) is 0 Å². The Morgan fingerprint density at radius 1 is 1.14 bits per heavy atom. The van der Waals surface area contributed by atoms with E-state index in [0.29, 0.717) is 31.4 Å². The van der Waals surface area contributed by atoms with E-state index in [0.717, 1.165) is 50.2 Å². The summed E-state index contributed by atoms with van der Waals surface area (Å²) in [5, 5.41) is 0. The van der Waals surface area contributed by atoms with Crippen LogP contribution in [0.5, 0.6) is 0 Å². The number of hydrogen-bond donors (Lipinski definition) is 0. The summed E-state index contributed by atoms with van der Waals surface area (Å²) >= 11 is 0. The molecule has 1 aromatic heterocycles. The molecule has 0 bridgehead atoms. The fourth-order valence-electron chi connectivity index (χ4n) is 4.04. The Morgan fingerprint density at radius 2 is 1.83 bits per heavy atom. The molecule has 1 amide bonds. The van der Waals surface area contributed by atoms with Crippen molar-refractivity contribution in [2.45, 2.75) is 64.3 Å². The number of carbonyl (C=O) groups excluding carboxylic acids is 1. The molecule has 0 unspecified atom stereocenters. The third kappa shape index (κ3) is 4.48. The van der Waals surface area contributed by atoms with Crippen molar-refractivity contribution in [1.29, 1.82) is 0 Å². The Balaban J connectivity index is 1.90. The van der Waals surface area contributed by atoms with Crippen molar-refractivity contribution in [3.05, 3.63) is 24.0 Å². The van der Waals surface area contributed by atoms with Crippen LogP contribution in [0.25, 0.3) is 11.0 Å². The van der Waals surface area contributed by atoms with Crippen LogP contribution in [0.1, 0.15) is 52.3 Å². The topological polar surface area (TPSA) is 75.5 Å². The number of benzene rings is 1. The number of rotatable bonds is 9. The second-order valence-corrected chi connectivity index (χ2v) is 9.45. The third-order valence-corrected chi connectivity index (χ3v) is 7.66. The molecule has 0 N–H and O–H groups in total. The molecule has 29 heavy (non-hydrogen) atoms. The van der Waals surface area contributed by atoms with Gasteiger partial charge < -0.3 is 9.47 Å². The zero-order valence-corrected chi connectivity index (χ0v) is 18.5. The Morgan fingerprint density at radius 3 is 2.45 bits per heavy atom. The van der Waals surface area contributed by atoms with Gasteiger partial charge in [0, 0.05) is 45.6 Å². The van der Waals surface area contributed by atoms with Crippen molar-refractivity contribution < 1.29 is 13.2 Å². The molecule has 1 saturated heterocycles. The van der Waals surface area contributed by atoms with E-state index in [9.17, 15) is 13.2 Å². The Bertz CT molecular complexity index is 958. The zero-order chi connectivity index (χ0) is 21.0. The van der Waals surface area contributed by atoms with Crippen LogP contribution >= 0.6 is 0 Å². The number of sulfonamides is 1. The fraction of sp³-hybridized carbons (Fsp3) is 0.619. The number of carbonyl (C=O) groups is 1. The van der Waals surface area contributed by atoms with Crippen LogP contribution in [0.15, 0.2) is 23.1 Å². The van der Waals surface area contributed by atoms with Gasteiger partial charge in [0.2, 0.25) is 15.9 Å². The molecule has 0 spiro atoms. The number of likely N-dealkylation sites (tertiary alicyclic amines) is 1. The van der Waals surface area contributed by atoms with E-state index in [1.165, 1.54) is 4.31 Å². The number of aryl methyl sites for hydroxylation is 2. The molecular weight excluding hydrogens is 388 g/mol. The number of aromatic nitrogens is 2. The molecule has 1 aliphatic heterocycles. The van der Waals surface area contributed by atoms with Gasteiger partial charge in [-0.15, -0.1) is 0 Å². The van der Waals surface area contributed by atoms with E-state index in [2.05, 4.69) is 11.5 Å². The van der Waals surface area contributed by atoms with Crippen LogP contribution in [-0.4, -0.2) is 59.3 Å². The third-order valence-electron chi connectivity index (χ3n) is 5.61. The highest BCUT2D eigenvalue weighted by molar-refractivity contribution is 7.89. The van der Waals surface area contributed by atoms with Crippen LogP contribution in [0.3, 0.4) is 0 Å². The van der Waals surface area contributed by atoms with Crippen molar-refractivity contribution in [3.8, 4) is 0 Å². The van der Waals surface area contributed by atoms with Crippen molar-refractivity contribution in [2.24, 2.45) is 0 Å². The number of nitrogens with zero attached hydrogens (tertiary/aromatic N) is 4. The SMILES string of the molecule is CCCn1c(CCC(=O)N2CCCC2)nc2cc(S(=O)(=O)N(CC)CC)ccc21. The van der Waals surface area contributed by atoms with Gasteiger partial charge in [0.05, 0.1) is 15.9 Å². The lowest BCUT2D eigenvalue weighted by atomic mass is 10.2. The molecular formula is C21H32N4O3S. The molecule has 160 valence electrons. The Kier molecular flexibility index (Phi) is 6.95. The number of hydrogen-bond acceptors (Lipinski definition) is 4.